The van der Waals surface area contributed by atoms with Crippen molar-refractivity contribution in [3.63, 3.8) is 0 Å². The molecule has 1 aromatic carbocycles. The number of thioether (sulfide) groups is 1. The van der Waals surface area contributed by atoms with Gasteiger partial charge in [0.25, 0.3) is 0 Å². The molecule has 0 amide bonds. The van der Waals surface area contributed by atoms with Crippen LogP contribution in [0.3, 0.4) is 0 Å². The maximum Gasteiger partial charge on any atom is 0.103 e. The Hall–Kier alpha value is -0.550. The zero-order valence-electron chi connectivity index (χ0n) is 11.1. The molecule has 2 nitrogen and oxygen atoms in total. The zero-order chi connectivity index (χ0) is 13.7. The van der Waals surface area contributed by atoms with Crippen LogP contribution >= 0.6 is 34.7 Å². The third kappa shape index (κ3) is 4.21. The van der Waals surface area contributed by atoms with E-state index in [0.717, 1.165) is 23.7 Å². The van der Waals surface area contributed by atoms with E-state index in [4.69, 9.17) is 16.6 Å². The molecule has 0 aliphatic rings. The molecule has 1 heterocycles. The summed E-state index contributed by atoms with van der Waals surface area (Å²) in [6, 6.07) is 7.96. The second-order valence-corrected chi connectivity index (χ2v) is 6.76. The van der Waals surface area contributed by atoms with E-state index in [0.29, 0.717) is 0 Å². The molecule has 0 saturated carbocycles. The summed E-state index contributed by atoms with van der Waals surface area (Å²) >= 11 is 9.57. The summed E-state index contributed by atoms with van der Waals surface area (Å²) in [7, 11) is 1.97. The number of nitrogens with zero attached hydrogens (tertiary/aromatic N) is 1. The predicted octanol–water partition coefficient (Wildman–Crippen LogP) is 4.37. The Morgan fingerprint density at radius 3 is 2.95 bits per heavy atom. The average molecular weight is 313 g/mol. The Kier molecular flexibility index (Phi) is 5.70. The molecule has 19 heavy (non-hydrogen) atoms. The van der Waals surface area contributed by atoms with Gasteiger partial charge in [0.15, 0.2) is 0 Å². The van der Waals surface area contributed by atoms with E-state index in [1.54, 1.807) is 23.1 Å². The molecule has 0 fully saturated rings. The van der Waals surface area contributed by atoms with Crippen molar-refractivity contribution in [1.82, 2.24) is 10.3 Å². The maximum atomic E-state index is 5.99. The largest absolute Gasteiger partial charge is 0.315 e. The van der Waals surface area contributed by atoms with Crippen LogP contribution in [0.2, 0.25) is 5.02 Å². The highest BCUT2D eigenvalue weighted by atomic mass is 35.5. The smallest absolute Gasteiger partial charge is 0.103 e. The average Bonchev–Trinajstić information content (AvgIpc) is 2.79. The molecule has 102 valence electrons. The van der Waals surface area contributed by atoms with E-state index in [9.17, 15) is 0 Å². The lowest BCUT2D eigenvalue weighted by molar-refractivity contribution is 0.814. The number of hydrogen-bond acceptors (Lipinski definition) is 4. The van der Waals surface area contributed by atoms with Crippen molar-refractivity contribution in [1.29, 1.82) is 0 Å². The Bertz CT molecular complexity index is 540. The number of thiazole rings is 1. The summed E-state index contributed by atoms with van der Waals surface area (Å²) in [6.45, 7) is 3.06. The highest BCUT2D eigenvalue weighted by Crippen LogP contribution is 2.28. The number of rotatable bonds is 6. The molecule has 0 saturated heterocycles. The maximum absolute atomic E-state index is 5.99. The topological polar surface area (TPSA) is 24.9 Å². The zero-order valence-corrected chi connectivity index (χ0v) is 13.5. The highest BCUT2D eigenvalue weighted by Gasteiger charge is 2.09. The van der Waals surface area contributed by atoms with Crippen molar-refractivity contribution in [2.24, 2.45) is 0 Å². The highest BCUT2D eigenvalue weighted by molar-refractivity contribution is 7.98. The van der Waals surface area contributed by atoms with Gasteiger partial charge < -0.3 is 5.32 Å². The van der Waals surface area contributed by atoms with E-state index in [1.165, 1.54) is 20.5 Å². The van der Waals surface area contributed by atoms with Crippen LogP contribution in [0.1, 0.15) is 22.5 Å². The summed E-state index contributed by atoms with van der Waals surface area (Å²) in [5, 5.41) is 5.17. The summed E-state index contributed by atoms with van der Waals surface area (Å²) in [5.74, 6) is 0.904. The number of hydrogen-bond donors (Lipinski definition) is 1. The molecule has 0 atom stereocenters. The fraction of sp³-hybridized carbons (Fsp3) is 0.357. The minimum Gasteiger partial charge on any atom is -0.315 e. The second-order valence-electron chi connectivity index (χ2n) is 4.11. The van der Waals surface area contributed by atoms with Gasteiger partial charge in [-0.25, -0.2) is 4.98 Å². The molecule has 0 aliphatic carbocycles. The minimum atomic E-state index is 0.786. The van der Waals surface area contributed by atoms with Crippen LogP contribution in [0.5, 0.6) is 0 Å². The van der Waals surface area contributed by atoms with Crippen LogP contribution in [0.15, 0.2) is 29.2 Å². The number of aromatic nitrogens is 1. The summed E-state index contributed by atoms with van der Waals surface area (Å²) in [5.41, 5.74) is 1.22. The van der Waals surface area contributed by atoms with Crippen molar-refractivity contribution in [3.8, 4) is 0 Å². The standard InChI is InChI=1S/C14H17ClN2S2/c1-3-12-13(8-16-2)19-14(17-12)9-18-11-6-4-5-10(15)7-11/h4-7,16H,3,8-9H2,1-2H3. The van der Waals surface area contributed by atoms with Gasteiger partial charge in [-0.15, -0.1) is 23.1 Å². The van der Waals surface area contributed by atoms with E-state index < -0.39 is 0 Å². The Labute approximate surface area is 127 Å². The van der Waals surface area contributed by atoms with Crippen molar-refractivity contribution in [3.05, 3.63) is 44.9 Å². The van der Waals surface area contributed by atoms with Crippen LogP contribution in [0.25, 0.3) is 0 Å². The van der Waals surface area contributed by atoms with Gasteiger partial charge in [0.2, 0.25) is 0 Å². The van der Waals surface area contributed by atoms with Crippen molar-refractivity contribution in [2.75, 3.05) is 7.05 Å². The molecule has 0 unspecified atom stereocenters. The van der Waals surface area contributed by atoms with Gasteiger partial charge in [-0.05, 0) is 31.7 Å². The lowest BCUT2D eigenvalue weighted by atomic mass is 10.3. The van der Waals surface area contributed by atoms with Crippen LogP contribution < -0.4 is 5.32 Å². The van der Waals surface area contributed by atoms with Gasteiger partial charge in [-0.3, -0.25) is 0 Å². The first-order valence-corrected chi connectivity index (χ1v) is 8.41. The molecule has 0 bridgehead atoms. The minimum absolute atomic E-state index is 0.786. The van der Waals surface area contributed by atoms with E-state index in [-0.39, 0.29) is 0 Å². The molecule has 0 radical (unpaired) electrons. The van der Waals surface area contributed by atoms with Crippen LogP contribution in [0.4, 0.5) is 0 Å². The lowest BCUT2D eigenvalue weighted by Crippen LogP contribution is -2.05. The number of nitrogens with one attached hydrogen (secondary N) is 1. The second kappa shape index (κ2) is 7.29. The van der Waals surface area contributed by atoms with Gasteiger partial charge in [0.1, 0.15) is 5.01 Å². The van der Waals surface area contributed by atoms with Crippen molar-refractivity contribution < 1.29 is 0 Å². The van der Waals surface area contributed by atoms with Gasteiger partial charge >= 0.3 is 0 Å². The van der Waals surface area contributed by atoms with Crippen LogP contribution in [0, 0.1) is 0 Å². The molecule has 1 aromatic heterocycles. The van der Waals surface area contributed by atoms with E-state index in [2.05, 4.69) is 18.3 Å². The van der Waals surface area contributed by atoms with Gasteiger partial charge in [-0.1, -0.05) is 24.6 Å². The molecule has 2 rings (SSSR count). The quantitative estimate of drug-likeness (QED) is 0.802. The van der Waals surface area contributed by atoms with Crippen molar-refractivity contribution >= 4 is 34.7 Å². The molecule has 2 aromatic rings. The van der Waals surface area contributed by atoms with E-state index >= 15 is 0 Å². The number of benzene rings is 1. The molecule has 0 aliphatic heterocycles. The van der Waals surface area contributed by atoms with Gasteiger partial charge in [0.05, 0.1) is 11.4 Å². The first-order chi connectivity index (χ1) is 9.22. The molecule has 5 heteroatoms. The van der Waals surface area contributed by atoms with E-state index in [1.807, 2.05) is 25.2 Å². The SMILES string of the molecule is CCc1nc(CSc2cccc(Cl)c2)sc1CNC. The van der Waals surface area contributed by atoms with Gasteiger partial charge in [0, 0.05) is 21.3 Å². The monoisotopic (exact) mass is 312 g/mol. The van der Waals surface area contributed by atoms with Crippen LogP contribution in [-0.2, 0) is 18.7 Å². The van der Waals surface area contributed by atoms with Crippen molar-refractivity contribution in [2.45, 2.75) is 30.5 Å². The number of aryl methyl sites for hydroxylation is 1. The molecule has 0 spiro atoms. The summed E-state index contributed by atoms with van der Waals surface area (Å²) in [6.07, 6.45) is 0.995. The predicted molar refractivity (Wildman–Crippen MR) is 85.3 cm³/mol. The molecule has 1 N–H and O–H groups in total. The lowest BCUT2D eigenvalue weighted by Gasteiger charge is -1.99. The summed E-state index contributed by atoms with van der Waals surface area (Å²) in [4.78, 5) is 7.25. The first-order valence-electron chi connectivity index (χ1n) is 6.23. The Morgan fingerprint density at radius 1 is 1.42 bits per heavy atom. The first kappa shape index (κ1) is 14.9. The summed E-state index contributed by atoms with van der Waals surface area (Å²) < 4.78 is 0. The fourth-order valence-corrected chi connectivity index (χ4v) is 4.15. The Morgan fingerprint density at radius 2 is 2.26 bits per heavy atom. The Balaban J connectivity index is 2.03. The number of halogens is 1. The fourth-order valence-electron chi connectivity index (χ4n) is 1.78. The molecular weight excluding hydrogens is 296 g/mol. The third-order valence-electron chi connectivity index (χ3n) is 2.65. The molecular formula is C14H17ClN2S2. The normalized spacial score (nSPS) is 10.9. The third-order valence-corrected chi connectivity index (χ3v) is 5.17. The van der Waals surface area contributed by atoms with Gasteiger partial charge in [-0.2, -0.15) is 0 Å². The van der Waals surface area contributed by atoms with Crippen LogP contribution in [-0.4, -0.2) is 12.0 Å².